The second-order valence-corrected chi connectivity index (χ2v) is 5.54. The van der Waals surface area contributed by atoms with E-state index in [9.17, 15) is 9.18 Å². The summed E-state index contributed by atoms with van der Waals surface area (Å²) in [5.74, 6) is 0.636. The molecule has 1 aromatic carbocycles. The number of nitrogens with zero attached hydrogens (tertiary/aromatic N) is 4. The molecule has 136 valence electrons. The van der Waals surface area contributed by atoms with E-state index in [0.29, 0.717) is 18.1 Å². The lowest BCUT2D eigenvalue weighted by Gasteiger charge is -2.12. The van der Waals surface area contributed by atoms with Crippen LogP contribution in [0.15, 0.2) is 41.3 Å². The van der Waals surface area contributed by atoms with E-state index in [2.05, 4.69) is 20.5 Å². The van der Waals surface area contributed by atoms with Gasteiger partial charge in [-0.2, -0.15) is 0 Å². The lowest BCUT2D eigenvalue weighted by atomic mass is 10.3. The predicted molar refractivity (Wildman–Crippen MR) is 88.8 cm³/mol. The maximum atomic E-state index is 12.9. The van der Waals surface area contributed by atoms with Gasteiger partial charge in [0.2, 0.25) is 5.89 Å². The number of rotatable bonds is 7. The van der Waals surface area contributed by atoms with Gasteiger partial charge < -0.3 is 19.0 Å². The number of aryl methyl sites for hydroxylation is 1. The van der Waals surface area contributed by atoms with Crippen LogP contribution in [0.4, 0.5) is 4.39 Å². The molecule has 0 spiro atoms. The molecule has 0 saturated carbocycles. The maximum absolute atomic E-state index is 12.9. The number of halogens is 1. The van der Waals surface area contributed by atoms with E-state index in [1.54, 1.807) is 6.33 Å². The van der Waals surface area contributed by atoms with Crippen molar-refractivity contribution >= 4 is 5.91 Å². The van der Waals surface area contributed by atoms with Gasteiger partial charge in [0, 0.05) is 6.54 Å². The van der Waals surface area contributed by atoms with E-state index in [1.165, 1.54) is 30.5 Å². The Balaban J connectivity index is 1.58. The molecule has 0 fully saturated rings. The number of carbonyl (C=O) groups excluding carboxylic acids is 1. The third kappa shape index (κ3) is 4.05. The SMILES string of the molecule is CCn1cnnc1[C@H](C)NC(=O)c1coc(COc2ccc(F)cc2)n1. The fourth-order valence-corrected chi connectivity index (χ4v) is 2.34. The van der Waals surface area contributed by atoms with Crippen LogP contribution in [0.1, 0.15) is 42.1 Å². The van der Waals surface area contributed by atoms with Gasteiger partial charge in [-0.05, 0) is 38.1 Å². The summed E-state index contributed by atoms with van der Waals surface area (Å²) in [4.78, 5) is 16.4. The van der Waals surface area contributed by atoms with Crippen molar-refractivity contribution in [3.8, 4) is 5.75 Å². The summed E-state index contributed by atoms with van der Waals surface area (Å²) in [5, 5.41) is 10.7. The third-order valence-corrected chi connectivity index (χ3v) is 3.68. The fourth-order valence-electron chi connectivity index (χ4n) is 2.34. The highest BCUT2D eigenvalue weighted by Crippen LogP contribution is 2.14. The van der Waals surface area contributed by atoms with Crippen LogP contribution in [0.3, 0.4) is 0 Å². The number of ether oxygens (including phenoxy) is 1. The van der Waals surface area contributed by atoms with E-state index in [-0.39, 0.29) is 36.0 Å². The van der Waals surface area contributed by atoms with Gasteiger partial charge in [-0.1, -0.05) is 0 Å². The Morgan fingerprint density at radius 2 is 2.15 bits per heavy atom. The molecule has 0 unspecified atom stereocenters. The summed E-state index contributed by atoms with van der Waals surface area (Å²) in [6.45, 7) is 4.51. The van der Waals surface area contributed by atoms with E-state index >= 15 is 0 Å². The summed E-state index contributed by atoms with van der Waals surface area (Å²) >= 11 is 0. The monoisotopic (exact) mass is 359 g/mol. The summed E-state index contributed by atoms with van der Waals surface area (Å²) in [5.41, 5.74) is 0.136. The summed E-state index contributed by atoms with van der Waals surface area (Å²) in [7, 11) is 0. The molecule has 0 aliphatic heterocycles. The molecule has 9 heteroatoms. The highest BCUT2D eigenvalue weighted by atomic mass is 19.1. The Hall–Kier alpha value is -3.23. The number of oxazole rings is 1. The zero-order valence-electron chi connectivity index (χ0n) is 14.3. The Kier molecular flexibility index (Phi) is 5.26. The van der Waals surface area contributed by atoms with Gasteiger partial charge in [0.15, 0.2) is 18.1 Å². The number of hydrogen-bond donors (Lipinski definition) is 1. The first-order valence-electron chi connectivity index (χ1n) is 8.08. The van der Waals surface area contributed by atoms with Crippen LogP contribution in [-0.4, -0.2) is 25.7 Å². The van der Waals surface area contributed by atoms with Crippen LogP contribution >= 0.6 is 0 Å². The molecule has 0 radical (unpaired) electrons. The molecule has 2 aromatic heterocycles. The lowest BCUT2D eigenvalue weighted by Crippen LogP contribution is -2.29. The largest absolute Gasteiger partial charge is 0.484 e. The molecule has 1 N–H and O–H groups in total. The predicted octanol–water partition coefficient (Wildman–Crippen LogP) is 2.50. The first-order chi connectivity index (χ1) is 12.6. The molecule has 1 atom stereocenters. The molecule has 8 nitrogen and oxygen atoms in total. The molecule has 0 saturated heterocycles. The maximum Gasteiger partial charge on any atom is 0.273 e. The third-order valence-electron chi connectivity index (χ3n) is 3.68. The zero-order valence-corrected chi connectivity index (χ0v) is 14.3. The van der Waals surface area contributed by atoms with Crippen molar-refractivity contribution in [2.75, 3.05) is 0 Å². The van der Waals surface area contributed by atoms with Crippen LogP contribution < -0.4 is 10.1 Å². The number of amides is 1. The van der Waals surface area contributed by atoms with Crippen molar-refractivity contribution in [1.82, 2.24) is 25.1 Å². The molecule has 0 aliphatic rings. The van der Waals surface area contributed by atoms with E-state index in [4.69, 9.17) is 9.15 Å². The van der Waals surface area contributed by atoms with Crippen molar-refractivity contribution in [2.45, 2.75) is 33.0 Å². The smallest absolute Gasteiger partial charge is 0.273 e. The van der Waals surface area contributed by atoms with Gasteiger partial charge in [-0.15, -0.1) is 10.2 Å². The Bertz CT molecular complexity index is 875. The van der Waals surface area contributed by atoms with Gasteiger partial charge in [0.05, 0.1) is 6.04 Å². The minimum absolute atomic E-state index is 0.0264. The molecule has 2 heterocycles. The van der Waals surface area contributed by atoms with Gasteiger partial charge in [-0.25, -0.2) is 9.37 Å². The molecule has 0 bridgehead atoms. The second kappa shape index (κ2) is 7.77. The fraction of sp³-hybridized carbons (Fsp3) is 0.294. The number of aromatic nitrogens is 4. The molecule has 0 aliphatic carbocycles. The van der Waals surface area contributed by atoms with E-state index < -0.39 is 0 Å². The highest BCUT2D eigenvalue weighted by molar-refractivity contribution is 5.92. The summed E-state index contributed by atoms with van der Waals surface area (Å²) < 4.78 is 25.4. The van der Waals surface area contributed by atoms with Crippen molar-refractivity contribution in [3.63, 3.8) is 0 Å². The normalized spacial score (nSPS) is 12.0. The molecule has 3 aromatic rings. The van der Waals surface area contributed by atoms with Crippen LogP contribution in [0.2, 0.25) is 0 Å². The summed E-state index contributed by atoms with van der Waals surface area (Å²) in [6, 6.07) is 5.25. The summed E-state index contributed by atoms with van der Waals surface area (Å²) in [6.07, 6.45) is 2.87. The molecule has 1 amide bonds. The quantitative estimate of drug-likeness (QED) is 0.696. The van der Waals surface area contributed by atoms with Crippen molar-refractivity contribution < 1.29 is 18.3 Å². The van der Waals surface area contributed by atoms with Crippen molar-refractivity contribution in [2.24, 2.45) is 0 Å². The molecule has 3 rings (SSSR count). The van der Waals surface area contributed by atoms with Crippen LogP contribution in [0.5, 0.6) is 5.75 Å². The standard InChI is InChI=1S/C17H18FN5O3/c1-3-23-10-19-22-16(23)11(2)20-17(24)14-8-26-15(21-14)9-25-13-6-4-12(18)5-7-13/h4-8,10-11H,3,9H2,1-2H3,(H,20,24)/t11-/m0/s1. The molecular formula is C17H18FN5O3. The molecule has 26 heavy (non-hydrogen) atoms. The van der Waals surface area contributed by atoms with E-state index in [1.807, 2.05) is 18.4 Å². The van der Waals surface area contributed by atoms with Crippen LogP contribution in [0.25, 0.3) is 0 Å². The van der Waals surface area contributed by atoms with Gasteiger partial charge in [0.25, 0.3) is 5.91 Å². The van der Waals surface area contributed by atoms with Gasteiger partial charge >= 0.3 is 0 Å². The number of hydrogen-bond acceptors (Lipinski definition) is 6. The van der Waals surface area contributed by atoms with E-state index in [0.717, 1.165) is 0 Å². The van der Waals surface area contributed by atoms with Crippen molar-refractivity contribution in [1.29, 1.82) is 0 Å². The average molecular weight is 359 g/mol. The van der Waals surface area contributed by atoms with Crippen LogP contribution in [-0.2, 0) is 13.2 Å². The lowest BCUT2D eigenvalue weighted by molar-refractivity contribution is 0.0932. The zero-order chi connectivity index (χ0) is 18.5. The Labute approximate surface area is 149 Å². The minimum atomic E-state index is -0.389. The van der Waals surface area contributed by atoms with Gasteiger partial charge in [0.1, 0.15) is 24.2 Å². The first-order valence-corrected chi connectivity index (χ1v) is 8.08. The number of benzene rings is 1. The second-order valence-electron chi connectivity index (χ2n) is 5.54. The molecular weight excluding hydrogens is 341 g/mol. The van der Waals surface area contributed by atoms with Gasteiger partial charge in [-0.3, -0.25) is 4.79 Å². The Morgan fingerprint density at radius 3 is 2.88 bits per heavy atom. The highest BCUT2D eigenvalue weighted by Gasteiger charge is 2.19. The number of carbonyl (C=O) groups is 1. The topological polar surface area (TPSA) is 95.1 Å². The Morgan fingerprint density at radius 1 is 1.38 bits per heavy atom. The first kappa shape index (κ1) is 17.6. The number of nitrogens with one attached hydrogen (secondary N) is 1. The van der Waals surface area contributed by atoms with Crippen LogP contribution in [0, 0.1) is 5.82 Å². The minimum Gasteiger partial charge on any atom is -0.484 e. The van der Waals surface area contributed by atoms with Crippen molar-refractivity contribution in [3.05, 3.63) is 60.1 Å². The average Bonchev–Trinajstić information content (AvgIpc) is 3.30.